The zero-order valence-electron chi connectivity index (χ0n) is 8.27. The van der Waals surface area contributed by atoms with Crippen LogP contribution in [0.5, 0.6) is 0 Å². The van der Waals surface area contributed by atoms with Crippen molar-refractivity contribution in [3.8, 4) is 0 Å². The third-order valence-electron chi connectivity index (χ3n) is 3.80. The van der Waals surface area contributed by atoms with Crippen LogP contribution in [0.25, 0.3) is 0 Å². The second-order valence-electron chi connectivity index (χ2n) is 4.57. The number of hydrogen-bond donors (Lipinski definition) is 0. The summed E-state index contributed by atoms with van der Waals surface area (Å²) in [5.74, 6) is 2.81. The first-order valence-electron chi connectivity index (χ1n) is 5.28. The van der Waals surface area contributed by atoms with Crippen LogP contribution in [0.3, 0.4) is 0 Å². The predicted molar refractivity (Wildman–Crippen MR) is 52.4 cm³/mol. The van der Waals surface area contributed by atoms with Gasteiger partial charge in [-0.15, -0.1) is 0 Å². The van der Waals surface area contributed by atoms with Crippen molar-refractivity contribution >= 4 is 5.97 Å². The van der Waals surface area contributed by atoms with Crippen LogP contribution in [0, 0.1) is 23.7 Å². The molecule has 0 saturated heterocycles. The van der Waals surface area contributed by atoms with E-state index in [1.807, 2.05) is 0 Å². The number of carbonyl (C=O) groups is 1. The highest BCUT2D eigenvalue weighted by molar-refractivity contribution is 5.66. The number of ether oxygens (including phenoxy) is 1. The van der Waals surface area contributed by atoms with Gasteiger partial charge in [0.05, 0.1) is 0 Å². The zero-order chi connectivity index (χ0) is 9.71. The first kappa shape index (κ1) is 8.27. The summed E-state index contributed by atoms with van der Waals surface area (Å²) in [7, 11) is 0. The smallest absolute Gasteiger partial charge is 0.302 e. The Kier molecular flexibility index (Phi) is 1.61. The molecule has 2 heteroatoms. The van der Waals surface area contributed by atoms with Crippen LogP contribution in [0.2, 0.25) is 0 Å². The van der Waals surface area contributed by atoms with Crippen molar-refractivity contribution in [2.24, 2.45) is 23.7 Å². The van der Waals surface area contributed by atoms with E-state index in [9.17, 15) is 4.79 Å². The Bertz CT molecular complexity index is 340. The van der Waals surface area contributed by atoms with E-state index in [0.29, 0.717) is 12.5 Å². The maximum absolute atomic E-state index is 10.7. The van der Waals surface area contributed by atoms with E-state index in [-0.39, 0.29) is 5.97 Å². The van der Waals surface area contributed by atoms with Crippen LogP contribution in [-0.4, -0.2) is 12.6 Å². The van der Waals surface area contributed by atoms with Crippen molar-refractivity contribution in [2.45, 2.75) is 13.3 Å². The number of hydrogen-bond acceptors (Lipinski definition) is 2. The second-order valence-corrected chi connectivity index (χ2v) is 4.57. The van der Waals surface area contributed by atoms with Gasteiger partial charge < -0.3 is 4.74 Å². The summed E-state index contributed by atoms with van der Waals surface area (Å²) in [6, 6.07) is 0. The standard InChI is InChI=1S/C12H14O2/c1-7(13)14-6-10-5-11-8-2-3-9(4-8)12(10)11/h2-3,5,8-9,11-12H,4,6H2,1H3. The summed E-state index contributed by atoms with van der Waals surface area (Å²) in [5.41, 5.74) is 1.35. The molecule has 0 aromatic rings. The van der Waals surface area contributed by atoms with E-state index in [1.54, 1.807) is 0 Å². The minimum atomic E-state index is -0.173. The molecule has 4 atom stereocenters. The Morgan fingerprint density at radius 3 is 3.00 bits per heavy atom. The normalized spacial score (nSPS) is 41.6. The quantitative estimate of drug-likeness (QED) is 0.491. The minimum Gasteiger partial charge on any atom is -0.461 e. The Balaban J connectivity index is 1.67. The molecule has 3 aliphatic carbocycles. The minimum absolute atomic E-state index is 0.173. The average Bonchev–Trinajstić information content (AvgIpc) is 2.59. The Morgan fingerprint density at radius 2 is 2.29 bits per heavy atom. The Hall–Kier alpha value is -1.05. The summed E-state index contributed by atoms with van der Waals surface area (Å²) < 4.78 is 5.03. The summed E-state index contributed by atoms with van der Waals surface area (Å²) in [6.45, 7) is 1.99. The predicted octanol–water partition coefficient (Wildman–Crippen LogP) is 1.93. The third-order valence-corrected chi connectivity index (χ3v) is 3.80. The van der Waals surface area contributed by atoms with E-state index in [2.05, 4.69) is 18.2 Å². The monoisotopic (exact) mass is 190 g/mol. The lowest BCUT2D eigenvalue weighted by Crippen LogP contribution is -2.31. The SMILES string of the molecule is CC(=O)OCC1=CC2C3C=CC(C3)C12. The van der Waals surface area contributed by atoms with Crippen LogP contribution in [-0.2, 0) is 9.53 Å². The molecule has 0 N–H and O–H groups in total. The molecule has 0 spiro atoms. The van der Waals surface area contributed by atoms with E-state index in [1.165, 1.54) is 18.9 Å². The fourth-order valence-corrected chi connectivity index (χ4v) is 3.18. The van der Waals surface area contributed by atoms with Crippen molar-refractivity contribution in [3.63, 3.8) is 0 Å². The lowest BCUT2D eigenvalue weighted by Gasteiger charge is -2.36. The lowest BCUT2D eigenvalue weighted by atomic mass is 9.69. The van der Waals surface area contributed by atoms with Gasteiger partial charge in [0.1, 0.15) is 6.61 Å². The van der Waals surface area contributed by atoms with Crippen LogP contribution >= 0.6 is 0 Å². The molecule has 3 aliphatic rings. The van der Waals surface area contributed by atoms with Gasteiger partial charge in [0.25, 0.3) is 0 Å². The van der Waals surface area contributed by atoms with Gasteiger partial charge in [-0.1, -0.05) is 18.2 Å². The van der Waals surface area contributed by atoms with Gasteiger partial charge in [0.2, 0.25) is 0 Å². The van der Waals surface area contributed by atoms with Gasteiger partial charge in [-0.3, -0.25) is 4.79 Å². The first-order chi connectivity index (χ1) is 6.75. The molecule has 0 aromatic carbocycles. The molecular formula is C12H14O2. The Morgan fingerprint density at radius 1 is 1.50 bits per heavy atom. The zero-order valence-corrected chi connectivity index (χ0v) is 8.27. The largest absolute Gasteiger partial charge is 0.461 e. The molecular weight excluding hydrogens is 176 g/mol. The van der Waals surface area contributed by atoms with Crippen molar-refractivity contribution < 1.29 is 9.53 Å². The molecule has 0 aliphatic heterocycles. The van der Waals surface area contributed by atoms with Gasteiger partial charge in [-0.25, -0.2) is 0 Å². The maximum atomic E-state index is 10.7. The molecule has 74 valence electrons. The molecule has 0 heterocycles. The molecule has 0 radical (unpaired) electrons. The van der Waals surface area contributed by atoms with E-state index < -0.39 is 0 Å². The Labute approximate surface area is 83.6 Å². The molecule has 14 heavy (non-hydrogen) atoms. The van der Waals surface area contributed by atoms with Crippen LogP contribution in [0.15, 0.2) is 23.8 Å². The highest BCUT2D eigenvalue weighted by Crippen LogP contribution is 2.57. The van der Waals surface area contributed by atoms with Crippen molar-refractivity contribution in [3.05, 3.63) is 23.8 Å². The van der Waals surface area contributed by atoms with E-state index in [0.717, 1.165) is 17.8 Å². The topological polar surface area (TPSA) is 26.3 Å². The first-order valence-corrected chi connectivity index (χ1v) is 5.28. The fourth-order valence-electron chi connectivity index (χ4n) is 3.18. The molecule has 0 amide bonds. The number of esters is 1. The summed E-state index contributed by atoms with van der Waals surface area (Å²) in [5, 5.41) is 0. The number of allylic oxidation sites excluding steroid dienone is 3. The van der Waals surface area contributed by atoms with Crippen LogP contribution in [0.1, 0.15) is 13.3 Å². The number of fused-ring (bicyclic) bond motifs is 5. The highest BCUT2D eigenvalue weighted by atomic mass is 16.5. The average molecular weight is 190 g/mol. The van der Waals surface area contributed by atoms with Crippen molar-refractivity contribution in [1.29, 1.82) is 0 Å². The maximum Gasteiger partial charge on any atom is 0.302 e. The third kappa shape index (κ3) is 0.999. The van der Waals surface area contributed by atoms with Gasteiger partial charge in [0, 0.05) is 6.92 Å². The summed E-state index contributed by atoms with van der Waals surface area (Å²) in [4.78, 5) is 10.7. The molecule has 2 bridgehead atoms. The molecule has 4 unspecified atom stereocenters. The van der Waals surface area contributed by atoms with E-state index in [4.69, 9.17) is 4.74 Å². The summed E-state index contributed by atoms with van der Waals surface area (Å²) in [6.07, 6.45) is 8.31. The lowest BCUT2D eigenvalue weighted by molar-refractivity contribution is -0.140. The van der Waals surface area contributed by atoms with Gasteiger partial charge in [-0.2, -0.15) is 0 Å². The van der Waals surface area contributed by atoms with Gasteiger partial charge in [-0.05, 0) is 35.7 Å². The molecule has 3 rings (SSSR count). The molecule has 1 saturated carbocycles. The van der Waals surface area contributed by atoms with Gasteiger partial charge >= 0.3 is 5.97 Å². The molecule has 0 aromatic heterocycles. The summed E-state index contributed by atoms with van der Waals surface area (Å²) >= 11 is 0. The van der Waals surface area contributed by atoms with Crippen molar-refractivity contribution in [2.75, 3.05) is 6.61 Å². The second kappa shape index (κ2) is 2.72. The fraction of sp³-hybridized carbons (Fsp3) is 0.583. The van der Waals surface area contributed by atoms with Crippen molar-refractivity contribution in [1.82, 2.24) is 0 Å². The highest BCUT2D eigenvalue weighted by Gasteiger charge is 2.49. The number of rotatable bonds is 2. The molecule has 2 nitrogen and oxygen atoms in total. The van der Waals surface area contributed by atoms with Crippen LogP contribution < -0.4 is 0 Å². The number of carbonyl (C=O) groups excluding carboxylic acids is 1. The van der Waals surface area contributed by atoms with E-state index >= 15 is 0 Å². The van der Waals surface area contributed by atoms with Crippen LogP contribution in [0.4, 0.5) is 0 Å². The van der Waals surface area contributed by atoms with Gasteiger partial charge in [0.15, 0.2) is 0 Å². The molecule has 1 fully saturated rings.